The van der Waals surface area contributed by atoms with Crippen LogP contribution in [0.4, 0.5) is 4.39 Å². The Hall–Kier alpha value is -0.210. The molecule has 1 unspecified atom stereocenters. The Morgan fingerprint density at radius 1 is 1.47 bits per heavy atom. The maximum atomic E-state index is 13.0. The summed E-state index contributed by atoms with van der Waals surface area (Å²) < 4.78 is 39.5. The lowest BCUT2D eigenvalue weighted by molar-refractivity contribution is 0.310. The van der Waals surface area contributed by atoms with Crippen LogP contribution in [0.3, 0.4) is 0 Å². The van der Waals surface area contributed by atoms with Gasteiger partial charge in [-0.3, -0.25) is 0 Å². The number of hydrogen-bond acceptors (Lipinski definition) is 3. The first-order valence-electron chi connectivity index (χ1n) is 5.60. The molecule has 0 aromatic heterocycles. The minimum Gasteiger partial charge on any atom is -0.312 e. The number of nitrogens with one attached hydrogen (secondary N) is 1. The molecule has 1 aromatic carbocycles. The highest BCUT2D eigenvalue weighted by Crippen LogP contribution is 2.26. The normalized spacial score (nSPS) is 20.9. The van der Waals surface area contributed by atoms with Crippen LogP contribution in [0.2, 0.25) is 0 Å². The van der Waals surface area contributed by atoms with Gasteiger partial charge in [-0.1, -0.05) is 0 Å². The zero-order valence-electron chi connectivity index (χ0n) is 10.3. The SMILES string of the molecule is CC1CN(S(=O)(=O)c2ccc(F)cc2Br)CCN1.Cl. The monoisotopic (exact) mass is 372 g/mol. The second-order valence-electron chi connectivity index (χ2n) is 4.29. The van der Waals surface area contributed by atoms with E-state index in [4.69, 9.17) is 0 Å². The van der Waals surface area contributed by atoms with Crippen LogP contribution in [-0.2, 0) is 10.0 Å². The smallest absolute Gasteiger partial charge is 0.244 e. The van der Waals surface area contributed by atoms with Gasteiger partial charge in [-0.15, -0.1) is 12.4 Å². The van der Waals surface area contributed by atoms with Crippen molar-refractivity contribution in [3.05, 3.63) is 28.5 Å². The van der Waals surface area contributed by atoms with Crippen molar-refractivity contribution in [2.75, 3.05) is 19.6 Å². The van der Waals surface area contributed by atoms with Gasteiger partial charge in [0.1, 0.15) is 5.82 Å². The largest absolute Gasteiger partial charge is 0.312 e. The van der Waals surface area contributed by atoms with E-state index in [1.54, 1.807) is 0 Å². The molecule has 0 saturated carbocycles. The van der Waals surface area contributed by atoms with Crippen LogP contribution in [0.1, 0.15) is 6.92 Å². The molecule has 0 spiro atoms. The number of piperazine rings is 1. The van der Waals surface area contributed by atoms with E-state index in [-0.39, 0.29) is 27.8 Å². The lowest BCUT2D eigenvalue weighted by Crippen LogP contribution is -2.51. The Morgan fingerprint density at radius 2 is 2.16 bits per heavy atom. The van der Waals surface area contributed by atoms with Gasteiger partial charge < -0.3 is 5.32 Å². The van der Waals surface area contributed by atoms with Crippen molar-refractivity contribution in [1.82, 2.24) is 9.62 Å². The van der Waals surface area contributed by atoms with Gasteiger partial charge in [0.15, 0.2) is 0 Å². The number of benzene rings is 1. The van der Waals surface area contributed by atoms with Crippen molar-refractivity contribution in [3.8, 4) is 0 Å². The molecule has 108 valence electrons. The molecule has 19 heavy (non-hydrogen) atoms. The van der Waals surface area contributed by atoms with E-state index in [9.17, 15) is 12.8 Å². The zero-order valence-corrected chi connectivity index (χ0v) is 13.5. The third-order valence-electron chi connectivity index (χ3n) is 2.84. The highest BCUT2D eigenvalue weighted by molar-refractivity contribution is 9.10. The maximum absolute atomic E-state index is 13.0. The summed E-state index contributed by atoms with van der Waals surface area (Å²) in [5.74, 6) is -0.463. The number of sulfonamides is 1. The summed E-state index contributed by atoms with van der Waals surface area (Å²) >= 11 is 3.10. The van der Waals surface area contributed by atoms with Crippen molar-refractivity contribution in [3.63, 3.8) is 0 Å². The fourth-order valence-corrected chi connectivity index (χ4v) is 4.48. The molecule has 0 aliphatic carbocycles. The average Bonchev–Trinajstić information content (AvgIpc) is 2.28. The standard InChI is InChI=1S/C11H14BrFN2O2S.ClH/c1-8-7-15(5-4-14-8)18(16,17)11-3-2-9(13)6-10(11)12;/h2-3,6,8,14H,4-5,7H2,1H3;1H. The second kappa shape index (κ2) is 6.49. The molecule has 8 heteroatoms. The van der Waals surface area contributed by atoms with Gasteiger partial charge in [0.25, 0.3) is 0 Å². The molecule has 1 aliphatic rings. The first kappa shape index (κ1) is 16.8. The first-order valence-corrected chi connectivity index (χ1v) is 7.83. The first-order chi connectivity index (χ1) is 8.41. The lowest BCUT2D eigenvalue weighted by Gasteiger charge is -2.31. The minimum atomic E-state index is -3.56. The predicted molar refractivity (Wildman–Crippen MR) is 77.6 cm³/mol. The van der Waals surface area contributed by atoms with Crippen LogP contribution in [0.5, 0.6) is 0 Å². The van der Waals surface area contributed by atoms with E-state index in [0.29, 0.717) is 19.6 Å². The molecular weight excluding hydrogens is 359 g/mol. The van der Waals surface area contributed by atoms with Gasteiger partial charge in [0.05, 0.1) is 4.90 Å². The molecule has 1 aromatic rings. The molecule has 1 aliphatic heterocycles. The number of nitrogens with zero attached hydrogens (tertiary/aromatic N) is 1. The third kappa shape index (κ3) is 3.66. The highest BCUT2D eigenvalue weighted by atomic mass is 79.9. The Bertz CT molecular complexity index is 556. The molecule has 4 nitrogen and oxygen atoms in total. The fourth-order valence-electron chi connectivity index (χ4n) is 1.94. The average molecular weight is 374 g/mol. The Morgan fingerprint density at radius 3 is 2.74 bits per heavy atom. The summed E-state index contributed by atoms with van der Waals surface area (Å²) in [6, 6.07) is 3.73. The van der Waals surface area contributed by atoms with Crippen LogP contribution in [0, 0.1) is 5.82 Å². The number of rotatable bonds is 2. The molecule has 1 fully saturated rings. The van der Waals surface area contributed by atoms with Crippen molar-refractivity contribution < 1.29 is 12.8 Å². The summed E-state index contributed by atoms with van der Waals surface area (Å²) in [4.78, 5) is 0.109. The minimum absolute atomic E-state index is 0. The van der Waals surface area contributed by atoms with E-state index < -0.39 is 15.8 Å². The van der Waals surface area contributed by atoms with E-state index in [1.807, 2.05) is 6.92 Å². The zero-order chi connectivity index (χ0) is 13.3. The van der Waals surface area contributed by atoms with Crippen LogP contribution in [0.25, 0.3) is 0 Å². The van der Waals surface area contributed by atoms with Gasteiger partial charge in [0.2, 0.25) is 10.0 Å². The number of halogens is 3. The van der Waals surface area contributed by atoms with Crippen LogP contribution in [0.15, 0.2) is 27.6 Å². The summed E-state index contributed by atoms with van der Waals surface area (Å²) in [6.07, 6.45) is 0. The van der Waals surface area contributed by atoms with Crippen molar-refractivity contribution >= 4 is 38.4 Å². The molecule has 0 radical (unpaired) electrons. The van der Waals surface area contributed by atoms with Crippen molar-refractivity contribution in [2.45, 2.75) is 17.9 Å². The van der Waals surface area contributed by atoms with Crippen LogP contribution >= 0.6 is 28.3 Å². The molecule has 0 bridgehead atoms. The lowest BCUT2D eigenvalue weighted by atomic mass is 10.3. The third-order valence-corrected chi connectivity index (χ3v) is 5.69. The number of hydrogen-bond donors (Lipinski definition) is 1. The van der Waals surface area contributed by atoms with Gasteiger partial charge in [-0.05, 0) is 41.1 Å². The molecule has 1 heterocycles. The van der Waals surface area contributed by atoms with Crippen LogP contribution < -0.4 is 5.32 Å². The Balaban J connectivity index is 0.00000180. The summed E-state index contributed by atoms with van der Waals surface area (Å²) in [6.45, 7) is 3.41. The fraction of sp³-hybridized carbons (Fsp3) is 0.455. The molecular formula is C11H15BrClFN2O2S. The van der Waals surface area contributed by atoms with Crippen molar-refractivity contribution in [2.24, 2.45) is 0 Å². The van der Waals surface area contributed by atoms with Gasteiger partial charge >= 0.3 is 0 Å². The topological polar surface area (TPSA) is 49.4 Å². The molecule has 1 atom stereocenters. The quantitative estimate of drug-likeness (QED) is 0.862. The molecule has 1 N–H and O–H groups in total. The summed E-state index contributed by atoms with van der Waals surface area (Å²) in [5.41, 5.74) is 0. The molecule has 0 amide bonds. The molecule has 2 rings (SSSR count). The van der Waals surface area contributed by atoms with Gasteiger partial charge in [-0.2, -0.15) is 4.31 Å². The highest BCUT2D eigenvalue weighted by Gasteiger charge is 2.29. The van der Waals surface area contributed by atoms with E-state index in [0.717, 1.165) is 6.07 Å². The van der Waals surface area contributed by atoms with Crippen LogP contribution in [-0.4, -0.2) is 38.4 Å². The second-order valence-corrected chi connectivity index (χ2v) is 7.05. The summed E-state index contributed by atoms with van der Waals surface area (Å²) in [7, 11) is -3.56. The van der Waals surface area contributed by atoms with E-state index >= 15 is 0 Å². The Labute approximate surface area is 127 Å². The molecule has 1 saturated heterocycles. The maximum Gasteiger partial charge on any atom is 0.244 e. The van der Waals surface area contributed by atoms with Crippen molar-refractivity contribution in [1.29, 1.82) is 0 Å². The Kier molecular flexibility index (Phi) is 5.76. The van der Waals surface area contributed by atoms with E-state index in [2.05, 4.69) is 21.2 Å². The van der Waals surface area contributed by atoms with E-state index in [1.165, 1.54) is 16.4 Å². The van der Waals surface area contributed by atoms with Gasteiger partial charge in [0, 0.05) is 30.1 Å². The predicted octanol–water partition coefficient (Wildman–Crippen LogP) is 1.99. The van der Waals surface area contributed by atoms with Gasteiger partial charge in [-0.25, -0.2) is 12.8 Å². The summed E-state index contributed by atoms with van der Waals surface area (Å²) in [5, 5.41) is 3.18.